The van der Waals surface area contributed by atoms with Gasteiger partial charge in [0.25, 0.3) is 0 Å². The summed E-state index contributed by atoms with van der Waals surface area (Å²) in [5, 5.41) is 0.461. The molecular weight excluding hydrogens is 168 g/mol. The lowest BCUT2D eigenvalue weighted by atomic mass is 9.89. The van der Waals surface area contributed by atoms with Crippen molar-refractivity contribution in [3.05, 3.63) is 0 Å². The normalized spacial score (nSPS) is 32.2. The molecule has 0 bridgehead atoms. The molecule has 0 heterocycles. The number of hydrogen-bond acceptors (Lipinski definition) is 0. The molecule has 0 aromatic carbocycles. The Hall–Kier alpha value is 0.290. The lowest BCUT2D eigenvalue weighted by molar-refractivity contribution is 0.352. The molecule has 3 unspecified atom stereocenters. The molecule has 1 aliphatic rings. The minimum Gasteiger partial charge on any atom is -0.123 e. The Morgan fingerprint density at radius 1 is 1.33 bits per heavy atom. The molecule has 1 heteroatoms. The maximum absolute atomic E-state index is 6.36. The summed E-state index contributed by atoms with van der Waals surface area (Å²) in [5.41, 5.74) is 0. The van der Waals surface area contributed by atoms with Gasteiger partial charge in [0.15, 0.2) is 0 Å². The molecule has 0 N–H and O–H groups in total. The Morgan fingerprint density at radius 2 is 2.08 bits per heavy atom. The summed E-state index contributed by atoms with van der Waals surface area (Å²) in [6, 6.07) is 0. The van der Waals surface area contributed by atoms with Gasteiger partial charge in [-0.25, -0.2) is 0 Å². The van der Waals surface area contributed by atoms with E-state index in [1.165, 1.54) is 38.5 Å². The third kappa shape index (κ3) is 2.39. The molecule has 12 heavy (non-hydrogen) atoms. The quantitative estimate of drug-likeness (QED) is 0.580. The molecule has 1 rings (SSSR count). The number of hydrogen-bond donors (Lipinski definition) is 0. The second-order valence-electron chi connectivity index (χ2n) is 4.07. The van der Waals surface area contributed by atoms with E-state index in [1.54, 1.807) is 0 Å². The molecule has 0 nitrogen and oxygen atoms in total. The topological polar surface area (TPSA) is 0 Å². The van der Waals surface area contributed by atoms with Crippen molar-refractivity contribution in [1.82, 2.24) is 0 Å². The van der Waals surface area contributed by atoms with Gasteiger partial charge in [-0.05, 0) is 24.7 Å². The highest BCUT2D eigenvalue weighted by atomic mass is 35.5. The van der Waals surface area contributed by atoms with Crippen LogP contribution in [0.15, 0.2) is 0 Å². The van der Waals surface area contributed by atoms with Crippen LogP contribution in [0.5, 0.6) is 0 Å². The van der Waals surface area contributed by atoms with Gasteiger partial charge < -0.3 is 0 Å². The van der Waals surface area contributed by atoms with E-state index in [0.717, 1.165) is 11.8 Å². The predicted molar refractivity (Wildman–Crippen MR) is 55.7 cm³/mol. The largest absolute Gasteiger partial charge is 0.123 e. The maximum atomic E-state index is 6.36. The lowest BCUT2D eigenvalue weighted by Gasteiger charge is -2.22. The van der Waals surface area contributed by atoms with Crippen LogP contribution in [0.25, 0.3) is 0 Å². The smallest absolute Gasteiger partial charge is 0.0366 e. The van der Waals surface area contributed by atoms with Gasteiger partial charge in [-0.1, -0.05) is 39.5 Å². The zero-order chi connectivity index (χ0) is 8.97. The van der Waals surface area contributed by atoms with Crippen molar-refractivity contribution in [2.75, 3.05) is 0 Å². The molecule has 72 valence electrons. The molecule has 1 aliphatic carbocycles. The van der Waals surface area contributed by atoms with E-state index in [0.29, 0.717) is 5.38 Å². The first-order valence-electron chi connectivity index (χ1n) is 5.43. The van der Waals surface area contributed by atoms with Gasteiger partial charge in [-0.3, -0.25) is 0 Å². The third-order valence-corrected chi connectivity index (χ3v) is 3.81. The van der Waals surface area contributed by atoms with Crippen molar-refractivity contribution in [1.29, 1.82) is 0 Å². The molecule has 0 saturated heterocycles. The fourth-order valence-corrected chi connectivity index (χ4v) is 3.09. The summed E-state index contributed by atoms with van der Waals surface area (Å²) < 4.78 is 0. The van der Waals surface area contributed by atoms with Gasteiger partial charge in [0, 0.05) is 5.38 Å². The van der Waals surface area contributed by atoms with Crippen LogP contribution in [0.3, 0.4) is 0 Å². The van der Waals surface area contributed by atoms with Gasteiger partial charge in [0.2, 0.25) is 0 Å². The van der Waals surface area contributed by atoms with Crippen molar-refractivity contribution in [3.63, 3.8) is 0 Å². The molecule has 0 amide bonds. The summed E-state index contributed by atoms with van der Waals surface area (Å²) in [6.45, 7) is 4.53. The van der Waals surface area contributed by atoms with Crippen molar-refractivity contribution in [2.24, 2.45) is 11.8 Å². The molecule has 0 radical (unpaired) electrons. The molecule has 0 spiro atoms. The highest BCUT2D eigenvalue weighted by molar-refractivity contribution is 6.20. The van der Waals surface area contributed by atoms with E-state index in [9.17, 15) is 0 Å². The van der Waals surface area contributed by atoms with E-state index in [-0.39, 0.29) is 0 Å². The van der Waals surface area contributed by atoms with Gasteiger partial charge in [0.05, 0.1) is 0 Å². The van der Waals surface area contributed by atoms with Crippen LogP contribution in [-0.4, -0.2) is 5.38 Å². The predicted octanol–water partition coefficient (Wildman–Crippen LogP) is 4.22. The zero-order valence-electron chi connectivity index (χ0n) is 8.35. The van der Waals surface area contributed by atoms with E-state index in [4.69, 9.17) is 11.6 Å². The molecule has 1 fully saturated rings. The molecular formula is C11H21Cl. The summed E-state index contributed by atoms with van der Waals surface area (Å²) in [6.07, 6.45) is 8.00. The first-order valence-corrected chi connectivity index (χ1v) is 5.87. The fourth-order valence-electron chi connectivity index (χ4n) is 2.54. The van der Waals surface area contributed by atoms with E-state index >= 15 is 0 Å². The SMILES string of the molecule is CCCC(Cl)C1CCCC1CC. The number of rotatable bonds is 4. The van der Waals surface area contributed by atoms with Gasteiger partial charge in [0.1, 0.15) is 0 Å². The summed E-state index contributed by atoms with van der Waals surface area (Å²) in [5.74, 6) is 1.76. The van der Waals surface area contributed by atoms with Crippen molar-refractivity contribution < 1.29 is 0 Å². The Kier molecular flexibility index (Phi) is 4.42. The summed E-state index contributed by atoms with van der Waals surface area (Å²) >= 11 is 6.36. The highest BCUT2D eigenvalue weighted by Gasteiger charge is 2.30. The standard InChI is InChI=1S/C11H21Cl/c1-3-6-11(12)10-8-5-7-9(10)4-2/h9-11H,3-8H2,1-2H3. The van der Waals surface area contributed by atoms with Crippen LogP contribution in [0.4, 0.5) is 0 Å². The van der Waals surface area contributed by atoms with Crippen LogP contribution in [-0.2, 0) is 0 Å². The first-order chi connectivity index (χ1) is 5.79. The fraction of sp³-hybridized carbons (Fsp3) is 1.00. The maximum Gasteiger partial charge on any atom is 0.0366 e. The average molecular weight is 189 g/mol. The van der Waals surface area contributed by atoms with Crippen LogP contribution in [0.2, 0.25) is 0 Å². The molecule has 0 aliphatic heterocycles. The van der Waals surface area contributed by atoms with Crippen LogP contribution in [0.1, 0.15) is 52.4 Å². The second kappa shape index (κ2) is 5.11. The molecule has 1 saturated carbocycles. The highest BCUT2D eigenvalue weighted by Crippen LogP contribution is 2.39. The van der Waals surface area contributed by atoms with Crippen molar-refractivity contribution in [3.8, 4) is 0 Å². The number of alkyl halides is 1. The van der Waals surface area contributed by atoms with Gasteiger partial charge >= 0.3 is 0 Å². The Morgan fingerprint density at radius 3 is 2.67 bits per heavy atom. The third-order valence-electron chi connectivity index (χ3n) is 3.27. The molecule has 3 atom stereocenters. The molecule has 0 aromatic rings. The van der Waals surface area contributed by atoms with E-state index < -0.39 is 0 Å². The second-order valence-corrected chi connectivity index (χ2v) is 4.63. The van der Waals surface area contributed by atoms with E-state index in [1.807, 2.05) is 0 Å². The van der Waals surface area contributed by atoms with Crippen LogP contribution >= 0.6 is 11.6 Å². The Labute approximate surface area is 81.7 Å². The number of halogens is 1. The lowest BCUT2D eigenvalue weighted by Crippen LogP contribution is -2.18. The van der Waals surface area contributed by atoms with Crippen LogP contribution in [0, 0.1) is 11.8 Å². The minimum absolute atomic E-state index is 0.461. The van der Waals surface area contributed by atoms with Crippen molar-refractivity contribution in [2.45, 2.75) is 57.7 Å². The molecule has 0 aromatic heterocycles. The van der Waals surface area contributed by atoms with E-state index in [2.05, 4.69) is 13.8 Å². The van der Waals surface area contributed by atoms with Gasteiger partial charge in [-0.15, -0.1) is 11.6 Å². The average Bonchev–Trinajstić information content (AvgIpc) is 2.51. The van der Waals surface area contributed by atoms with Gasteiger partial charge in [-0.2, -0.15) is 0 Å². The minimum atomic E-state index is 0.461. The summed E-state index contributed by atoms with van der Waals surface area (Å²) in [4.78, 5) is 0. The first kappa shape index (κ1) is 10.4. The Balaban J connectivity index is 2.38. The van der Waals surface area contributed by atoms with Crippen molar-refractivity contribution >= 4 is 11.6 Å². The Bertz CT molecular complexity index is 122. The van der Waals surface area contributed by atoms with Crippen LogP contribution < -0.4 is 0 Å². The summed E-state index contributed by atoms with van der Waals surface area (Å²) in [7, 11) is 0. The zero-order valence-corrected chi connectivity index (χ0v) is 9.11. The monoisotopic (exact) mass is 188 g/mol.